The van der Waals surface area contributed by atoms with Crippen LogP contribution in [0.15, 0.2) is 36.5 Å². The van der Waals surface area contributed by atoms with Gasteiger partial charge in [0.2, 0.25) is 0 Å². The molecule has 5 heteroatoms. The molecule has 0 radical (unpaired) electrons. The maximum Gasteiger partial charge on any atom is 0.109 e. The molecule has 3 aromatic rings. The Morgan fingerprint density at radius 1 is 1.08 bits per heavy atom. The molecule has 1 aromatic carbocycles. The fourth-order valence-electron chi connectivity index (χ4n) is 3.46. The van der Waals surface area contributed by atoms with E-state index in [9.17, 15) is 0 Å². The van der Waals surface area contributed by atoms with Crippen LogP contribution in [0, 0.1) is 6.92 Å². The van der Waals surface area contributed by atoms with Gasteiger partial charge in [-0.25, -0.2) is 4.98 Å². The first-order valence-corrected chi connectivity index (χ1v) is 8.91. The van der Waals surface area contributed by atoms with Crippen molar-refractivity contribution in [2.75, 3.05) is 31.2 Å². The molecule has 1 fully saturated rings. The summed E-state index contributed by atoms with van der Waals surface area (Å²) in [5.41, 5.74) is 6.69. The highest BCUT2D eigenvalue weighted by molar-refractivity contribution is 5.82. The zero-order valence-electron chi connectivity index (χ0n) is 15.1. The van der Waals surface area contributed by atoms with E-state index in [4.69, 9.17) is 9.72 Å². The van der Waals surface area contributed by atoms with Crippen molar-refractivity contribution < 1.29 is 4.74 Å². The summed E-state index contributed by atoms with van der Waals surface area (Å²) in [7, 11) is 0. The highest BCUT2D eigenvalue weighted by atomic mass is 16.5. The Balaban J connectivity index is 1.67. The quantitative estimate of drug-likeness (QED) is 0.729. The number of anilines is 1. The van der Waals surface area contributed by atoms with Gasteiger partial charge in [-0.05, 0) is 44.5 Å². The lowest BCUT2D eigenvalue weighted by atomic mass is 10.1. The Morgan fingerprint density at radius 3 is 2.48 bits per heavy atom. The number of hydrogen-bond donors (Lipinski definition) is 0. The fraction of sp³-hybridized carbons (Fsp3) is 0.400. The van der Waals surface area contributed by atoms with Crippen molar-refractivity contribution >= 4 is 16.7 Å². The van der Waals surface area contributed by atoms with E-state index < -0.39 is 0 Å². The predicted molar refractivity (Wildman–Crippen MR) is 101 cm³/mol. The molecule has 0 amide bonds. The van der Waals surface area contributed by atoms with Crippen molar-refractivity contribution in [1.82, 2.24) is 14.8 Å². The standard InChI is InChI=1S/C20H24N4O/c1-14(2)24-20-15(3)12-18(22-19(20)13-21-24)16-4-6-17(7-5-16)23-8-10-25-11-9-23/h4-7,12-14H,8-11H2,1-3H3. The smallest absolute Gasteiger partial charge is 0.109 e. The minimum atomic E-state index is 0.330. The maximum atomic E-state index is 5.43. The summed E-state index contributed by atoms with van der Waals surface area (Å²) in [6, 6.07) is 11.2. The lowest BCUT2D eigenvalue weighted by molar-refractivity contribution is 0.122. The van der Waals surface area contributed by atoms with E-state index in [1.54, 1.807) is 0 Å². The van der Waals surface area contributed by atoms with Gasteiger partial charge in [-0.3, -0.25) is 4.68 Å². The van der Waals surface area contributed by atoms with Gasteiger partial charge in [0, 0.05) is 30.4 Å². The number of nitrogens with zero attached hydrogens (tertiary/aromatic N) is 4. The van der Waals surface area contributed by atoms with Crippen LogP contribution in [-0.2, 0) is 4.74 Å². The highest BCUT2D eigenvalue weighted by Gasteiger charge is 2.14. The van der Waals surface area contributed by atoms with Gasteiger partial charge in [0.05, 0.1) is 30.6 Å². The van der Waals surface area contributed by atoms with E-state index in [1.165, 1.54) is 11.3 Å². The van der Waals surface area contributed by atoms with E-state index in [0.29, 0.717) is 6.04 Å². The molecule has 0 N–H and O–H groups in total. The first-order chi connectivity index (χ1) is 12.1. The molecule has 0 bridgehead atoms. The number of fused-ring (bicyclic) bond motifs is 1. The van der Waals surface area contributed by atoms with Crippen LogP contribution in [-0.4, -0.2) is 41.1 Å². The molecule has 0 atom stereocenters. The molecule has 0 aliphatic carbocycles. The number of rotatable bonds is 3. The normalized spacial score (nSPS) is 15.3. The van der Waals surface area contributed by atoms with E-state index in [1.807, 2.05) is 10.9 Å². The lowest BCUT2D eigenvalue weighted by Gasteiger charge is -2.28. The summed E-state index contributed by atoms with van der Waals surface area (Å²) < 4.78 is 7.47. The third-order valence-electron chi connectivity index (χ3n) is 4.77. The van der Waals surface area contributed by atoms with E-state index in [0.717, 1.165) is 48.6 Å². The Bertz CT molecular complexity index is 877. The van der Waals surface area contributed by atoms with Crippen LogP contribution in [0.5, 0.6) is 0 Å². The Kier molecular flexibility index (Phi) is 4.17. The number of hydrogen-bond acceptors (Lipinski definition) is 4. The topological polar surface area (TPSA) is 43.2 Å². The minimum absolute atomic E-state index is 0.330. The molecule has 4 rings (SSSR count). The van der Waals surface area contributed by atoms with Crippen LogP contribution in [0.2, 0.25) is 0 Å². The molecule has 0 saturated carbocycles. The van der Waals surface area contributed by atoms with E-state index in [2.05, 4.69) is 61.1 Å². The largest absolute Gasteiger partial charge is 0.378 e. The number of morpholine rings is 1. The molecule has 25 heavy (non-hydrogen) atoms. The molecule has 0 unspecified atom stereocenters. The molecule has 5 nitrogen and oxygen atoms in total. The van der Waals surface area contributed by atoms with Crippen LogP contribution in [0.4, 0.5) is 5.69 Å². The van der Waals surface area contributed by atoms with Crippen molar-refractivity contribution in [3.63, 3.8) is 0 Å². The van der Waals surface area contributed by atoms with Crippen molar-refractivity contribution in [2.24, 2.45) is 0 Å². The van der Waals surface area contributed by atoms with E-state index >= 15 is 0 Å². The van der Waals surface area contributed by atoms with Gasteiger partial charge < -0.3 is 9.64 Å². The second kappa shape index (κ2) is 6.48. The SMILES string of the molecule is Cc1cc(-c2ccc(N3CCOCC3)cc2)nc2cnn(C(C)C)c12. The summed E-state index contributed by atoms with van der Waals surface area (Å²) >= 11 is 0. The number of ether oxygens (including phenoxy) is 1. The lowest BCUT2D eigenvalue weighted by Crippen LogP contribution is -2.36. The molecule has 1 aliphatic heterocycles. The van der Waals surface area contributed by atoms with Gasteiger partial charge in [0.15, 0.2) is 0 Å². The number of pyridine rings is 1. The van der Waals surface area contributed by atoms with Crippen molar-refractivity contribution in [2.45, 2.75) is 26.8 Å². The first kappa shape index (κ1) is 16.1. The number of aromatic nitrogens is 3. The van der Waals surface area contributed by atoms with Crippen LogP contribution in [0.1, 0.15) is 25.5 Å². The van der Waals surface area contributed by atoms with E-state index in [-0.39, 0.29) is 0 Å². The second-order valence-corrected chi connectivity index (χ2v) is 6.89. The van der Waals surface area contributed by atoms with Gasteiger partial charge in [0.25, 0.3) is 0 Å². The molecule has 0 spiro atoms. The predicted octanol–water partition coefficient (Wildman–Crippen LogP) is 3.82. The fourth-order valence-corrected chi connectivity index (χ4v) is 3.46. The molecule has 2 aromatic heterocycles. The molecular weight excluding hydrogens is 312 g/mol. The highest BCUT2D eigenvalue weighted by Crippen LogP contribution is 2.27. The van der Waals surface area contributed by atoms with Gasteiger partial charge in [-0.1, -0.05) is 12.1 Å². The molecule has 3 heterocycles. The summed E-state index contributed by atoms with van der Waals surface area (Å²) in [6.07, 6.45) is 1.87. The molecule has 1 aliphatic rings. The van der Waals surface area contributed by atoms with Gasteiger partial charge in [0.1, 0.15) is 5.52 Å². The summed E-state index contributed by atoms with van der Waals surface area (Å²) in [5.74, 6) is 0. The first-order valence-electron chi connectivity index (χ1n) is 8.91. The average Bonchev–Trinajstić information content (AvgIpc) is 3.07. The van der Waals surface area contributed by atoms with Crippen LogP contribution in [0.3, 0.4) is 0 Å². The Hall–Kier alpha value is -2.40. The van der Waals surface area contributed by atoms with Crippen molar-refractivity contribution in [3.8, 4) is 11.3 Å². The molecule has 1 saturated heterocycles. The Morgan fingerprint density at radius 2 is 1.80 bits per heavy atom. The zero-order valence-corrected chi connectivity index (χ0v) is 15.1. The summed E-state index contributed by atoms with van der Waals surface area (Å²) in [4.78, 5) is 7.20. The average molecular weight is 336 g/mol. The number of aryl methyl sites for hydroxylation is 1. The van der Waals surface area contributed by atoms with Crippen LogP contribution >= 0.6 is 0 Å². The van der Waals surface area contributed by atoms with Crippen LogP contribution < -0.4 is 4.90 Å². The van der Waals surface area contributed by atoms with Gasteiger partial charge >= 0.3 is 0 Å². The monoisotopic (exact) mass is 336 g/mol. The summed E-state index contributed by atoms with van der Waals surface area (Å²) in [5, 5.41) is 4.50. The van der Waals surface area contributed by atoms with Gasteiger partial charge in [-0.2, -0.15) is 5.10 Å². The Labute approximate surface area is 148 Å². The van der Waals surface area contributed by atoms with Gasteiger partial charge in [-0.15, -0.1) is 0 Å². The molecular formula is C20H24N4O. The summed E-state index contributed by atoms with van der Waals surface area (Å²) in [6.45, 7) is 9.94. The van der Waals surface area contributed by atoms with Crippen LogP contribution in [0.25, 0.3) is 22.3 Å². The minimum Gasteiger partial charge on any atom is -0.378 e. The van der Waals surface area contributed by atoms with Crippen molar-refractivity contribution in [1.29, 1.82) is 0 Å². The van der Waals surface area contributed by atoms with Crippen molar-refractivity contribution in [3.05, 3.63) is 42.1 Å². The molecule has 130 valence electrons. The third-order valence-corrected chi connectivity index (χ3v) is 4.77. The zero-order chi connectivity index (χ0) is 17.4. The third kappa shape index (κ3) is 3.00. The second-order valence-electron chi connectivity index (χ2n) is 6.89. The maximum absolute atomic E-state index is 5.43. The number of benzene rings is 1.